The number of H-pyrrole nitrogens is 1. The van der Waals surface area contributed by atoms with Crippen molar-refractivity contribution in [2.45, 2.75) is 52.4 Å². The van der Waals surface area contributed by atoms with Gasteiger partial charge >= 0.3 is 5.97 Å². The van der Waals surface area contributed by atoms with Crippen LogP contribution in [-0.2, 0) is 4.79 Å². The summed E-state index contributed by atoms with van der Waals surface area (Å²) in [7, 11) is 2.88. The molecule has 0 aliphatic heterocycles. The van der Waals surface area contributed by atoms with Gasteiger partial charge in [-0.15, -0.1) is 0 Å². The Balaban J connectivity index is 1.54. The highest BCUT2D eigenvalue weighted by Crippen LogP contribution is 2.38. The number of carbonyl (C=O) groups excluding carboxylic acids is 2. The molecule has 0 spiro atoms. The molecule has 10 heteroatoms. The van der Waals surface area contributed by atoms with E-state index in [4.69, 9.17) is 18.9 Å². The molecule has 39 heavy (non-hydrogen) atoms. The van der Waals surface area contributed by atoms with E-state index in [1.807, 2.05) is 24.3 Å². The number of nitrogens with zero attached hydrogens (tertiary/aromatic N) is 2. The lowest BCUT2D eigenvalue weighted by atomic mass is 10.1. The molecule has 1 amide bonds. The van der Waals surface area contributed by atoms with E-state index < -0.39 is 11.9 Å². The van der Waals surface area contributed by atoms with Crippen LogP contribution in [0.5, 0.6) is 23.0 Å². The van der Waals surface area contributed by atoms with Gasteiger partial charge in [0.05, 0.1) is 32.7 Å². The smallest absolute Gasteiger partial charge is 0.308 e. The van der Waals surface area contributed by atoms with Gasteiger partial charge in [-0.2, -0.15) is 10.2 Å². The molecule has 0 radical (unpaired) electrons. The number of aromatic nitrogens is 2. The lowest BCUT2D eigenvalue weighted by molar-refractivity contribution is -0.132. The number of amides is 1. The highest BCUT2D eigenvalue weighted by atomic mass is 16.6. The van der Waals surface area contributed by atoms with Crippen LogP contribution in [-0.4, -0.2) is 49.1 Å². The Hall–Kier alpha value is -4.34. The van der Waals surface area contributed by atoms with Gasteiger partial charge < -0.3 is 18.9 Å². The number of aromatic amines is 1. The topological polar surface area (TPSA) is 124 Å². The van der Waals surface area contributed by atoms with Crippen LogP contribution in [0.4, 0.5) is 0 Å². The number of hydrogen-bond acceptors (Lipinski definition) is 8. The van der Waals surface area contributed by atoms with Crippen molar-refractivity contribution < 1.29 is 28.5 Å². The van der Waals surface area contributed by atoms with Crippen LogP contribution in [0.15, 0.2) is 47.6 Å². The van der Waals surface area contributed by atoms with Crippen molar-refractivity contribution in [1.82, 2.24) is 15.6 Å². The molecule has 1 heterocycles. The quantitative estimate of drug-likeness (QED) is 0.0861. The summed E-state index contributed by atoms with van der Waals surface area (Å²) in [6.07, 6.45) is 8.75. The van der Waals surface area contributed by atoms with E-state index in [1.165, 1.54) is 59.5 Å². The fourth-order valence-corrected chi connectivity index (χ4v) is 3.82. The van der Waals surface area contributed by atoms with Crippen LogP contribution in [0.3, 0.4) is 0 Å². The number of nitrogens with one attached hydrogen (secondary N) is 2. The predicted octanol–water partition coefficient (Wildman–Crippen LogP) is 5.52. The van der Waals surface area contributed by atoms with Gasteiger partial charge in [-0.05, 0) is 48.9 Å². The summed E-state index contributed by atoms with van der Waals surface area (Å²) in [4.78, 5) is 23.9. The first kappa shape index (κ1) is 29.2. The molecular formula is C29H36N4O6. The van der Waals surface area contributed by atoms with Gasteiger partial charge in [0, 0.05) is 18.1 Å². The van der Waals surface area contributed by atoms with Crippen LogP contribution < -0.4 is 24.4 Å². The van der Waals surface area contributed by atoms with Gasteiger partial charge in [-0.3, -0.25) is 14.7 Å². The van der Waals surface area contributed by atoms with Gasteiger partial charge in [-0.1, -0.05) is 39.0 Å². The number of unbranched alkanes of at least 4 members (excludes halogenated alkanes) is 5. The van der Waals surface area contributed by atoms with E-state index in [0.717, 1.165) is 17.7 Å². The zero-order valence-corrected chi connectivity index (χ0v) is 22.9. The average Bonchev–Trinajstić information content (AvgIpc) is 3.43. The van der Waals surface area contributed by atoms with Gasteiger partial charge in [-0.25, -0.2) is 5.43 Å². The van der Waals surface area contributed by atoms with Crippen molar-refractivity contribution in [3.63, 3.8) is 0 Å². The molecule has 0 saturated carbocycles. The Bertz CT molecular complexity index is 1230. The van der Waals surface area contributed by atoms with Crippen LogP contribution in [0.1, 0.15) is 68.4 Å². The molecule has 0 bridgehead atoms. The van der Waals surface area contributed by atoms with Gasteiger partial charge in [0.2, 0.25) is 5.75 Å². The Kier molecular flexibility index (Phi) is 11.4. The second kappa shape index (κ2) is 15.2. The minimum Gasteiger partial charge on any atom is -0.494 e. The lowest BCUT2D eigenvalue weighted by Crippen LogP contribution is -2.18. The number of hydrogen-bond donors (Lipinski definition) is 2. The molecule has 2 N–H and O–H groups in total. The van der Waals surface area contributed by atoms with E-state index in [0.29, 0.717) is 17.9 Å². The summed E-state index contributed by atoms with van der Waals surface area (Å²) in [5.74, 6) is 0.579. The summed E-state index contributed by atoms with van der Waals surface area (Å²) in [5, 5.41) is 11.0. The summed E-state index contributed by atoms with van der Waals surface area (Å²) in [6, 6.07) is 12.5. The summed E-state index contributed by atoms with van der Waals surface area (Å²) < 4.78 is 21.6. The summed E-state index contributed by atoms with van der Waals surface area (Å²) in [5.41, 5.74) is 4.76. The van der Waals surface area contributed by atoms with Crippen LogP contribution in [0, 0.1) is 0 Å². The number of ether oxygens (including phenoxy) is 4. The van der Waals surface area contributed by atoms with Crippen molar-refractivity contribution in [2.24, 2.45) is 5.10 Å². The molecule has 0 unspecified atom stereocenters. The normalized spacial score (nSPS) is 10.9. The third-order valence-electron chi connectivity index (χ3n) is 5.85. The molecule has 208 valence electrons. The molecule has 0 fully saturated rings. The van der Waals surface area contributed by atoms with Crippen molar-refractivity contribution >= 4 is 18.1 Å². The molecule has 0 aliphatic carbocycles. The third kappa shape index (κ3) is 8.87. The summed E-state index contributed by atoms with van der Waals surface area (Å²) >= 11 is 0. The molecule has 0 atom stereocenters. The first-order valence-electron chi connectivity index (χ1n) is 13.0. The highest BCUT2D eigenvalue weighted by Gasteiger charge is 2.16. The Labute approximate surface area is 228 Å². The van der Waals surface area contributed by atoms with E-state index in [9.17, 15) is 9.59 Å². The second-order valence-electron chi connectivity index (χ2n) is 8.85. The lowest BCUT2D eigenvalue weighted by Gasteiger charge is -2.13. The van der Waals surface area contributed by atoms with Crippen LogP contribution in [0.2, 0.25) is 0 Å². The molecule has 0 saturated heterocycles. The molecule has 0 aliphatic rings. The number of hydrazone groups is 1. The first-order valence-corrected chi connectivity index (χ1v) is 13.0. The molecule has 1 aromatic heterocycles. The minimum atomic E-state index is -0.507. The number of methoxy groups -OCH3 is 2. The fourth-order valence-electron chi connectivity index (χ4n) is 3.82. The first-order chi connectivity index (χ1) is 18.9. The fraction of sp³-hybridized carbons (Fsp3) is 0.379. The minimum absolute atomic E-state index is 0.163. The Morgan fingerprint density at radius 1 is 0.974 bits per heavy atom. The van der Waals surface area contributed by atoms with E-state index in [2.05, 4.69) is 27.6 Å². The van der Waals surface area contributed by atoms with Gasteiger partial charge in [0.1, 0.15) is 11.4 Å². The molecule has 10 nitrogen and oxygen atoms in total. The maximum atomic E-state index is 12.6. The van der Waals surface area contributed by atoms with Crippen LogP contribution in [0.25, 0.3) is 11.3 Å². The number of esters is 1. The van der Waals surface area contributed by atoms with Crippen molar-refractivity contribution in [3.8, 4) is 34.3 Å². The molecule has 3 rings (SSSR count). The number of benzene rings is 2. The SMILES string of the molecule is CCCCCCCCOc1ccc(-c2cc(C(=O)N/N=C\c3cc(OC)c(OC(C)=O)c(OC)c3)[nH]n2)cc1. The highest BCUT2D eigenvalue weighted by molar-refractivity contribution is 5.94. The summed E-state index contributed by atoms with van der Waals surface area (Å²) in [6.45, 7) is 4.20. The second-order valence-corrected chi connectivity index (χ2v) is 8.85. The predicted molar refractivity (Wildman–Crippen MR) is 149 cm³/mol. The number of rotatable bonds is 15. The molecule has 3 aromatic rings. The van der Waals surface area contributed by atoms with Crippen LogP contribution >= 0.6 is 0 Å². The third-order valence-corrected chi connectivity index (χ3v) is 5.85. The zero-order chi connectivity index (χ0) is 28.0. The Morgan fingerprint density at radius 2 is 1.64 bits per heavy atom. The standard InChI is InChI=1S/C29H36N4O6/c1-5-6-7-8-9-10-15-38-23-13-11-22(12-14-23)24-18-25(32-31-24)29(35)33-30-19-21-16-26(36-3)28(39-20(2)34)27(17-21)37-4/h11-14,16-19H,5-10,15H2,1-4H3,(H,31,32)(H,33,35)/b30-19-. The van der Waals surface area contributed by atoms with Crippen molar-refractivity contribution in [2.75, 3.05) is 20.8 Å². The van der Waals surface area contributed by atoms with E-state index in [-0.39, 0.29) is 22.9 Å². The van der Waals surface area contributed by atoms with E-state index >= 15 is 0 Å². The van der Waals surface area contributed by atoms with Gasteiger partial charge in [0.25, 0.3) is 5.91 Å². The van der Waals surface area contributed by atoms with Gasteiger partial charge in [0.15, 0.2) is 11.5 Å². The largest absolute Gasteiger partial charge is 0.494 e. The molecule has 2 aromatic carbocycles. The maximum absolute atomic E-state index is 12.6. The zero-order valence-electron chi connectivity index (χ0n) is 22.9. The molecular weight excluding hydrogens is 500 g/mol. The van der Waals surface area contributed by atoms with Crippen molar-refractivity contribution in [1.29, 1.82) is 0 Å². The number of carbonyl (C=O) groups is 2. The van der Waals surface area contributed by atoms with E-state index in [1.54, 1.807) is 18.2 Å². The van der Waals surface area contributed by atoms with Crippen molar-refractivity contribution in [3.05, 3.63) is 53.7 Å². The monoisotopic (exact) mass is 536 g/mol. The maximum Gasteiger partial charge on any atom is 0.308 e. The Morgan fingerprint density at radius 3 is 2.28 bits per heavy atom. The average molecular weight is 537 g/mol.